The molecule has 0 amide bonds. The lowest BCUT2D eigenvalue weighted by Crippen LogP contribution is -2.22. The zero-order valence-electron chi connectivity index (χ0n) is 9.44. The number of aryl methyl sites for hydroxylation is 1. The largest absolute Gasteiger partial charge is 0.481 e. The highest BCUT2D eigenvalue weighted by Gasteiger charge is 2.29. The van der Waals surface area contributed by atoms with Gasteiger partial charge in [0.25, 0.3) is 0 Å². The Morgan fingerprint density at radius 1 is 1.56 bits per heavy atom. The van der Waals surface area contributed by atoms with Crippen molar-refractivity contribution in [2.75, 3.05) is 5.73 Å². The van der Waals surface area contributed by atoms with Crippen molar-refractivity contribution in [2.24, 2.45) is 5.92 Å². The summed E-state index contributed by atoms with van der Waals surface area (Å²) in [4.78, 5) is 11.1. The average molecular weight is 219 g/mol. The van der Waals surface area contributed by atoms with Crippen LogP contribution in [0.3, 0.4) is 0 Å². The standard InChI is InChI=1S/C13H17NO2/c1-8(13(15)16)11-4-2-3-9-7-10(14)5-6-12(9)11/h5-8,11H,2-4,14H2,1H3,(H,15,16). The number of carboxylic acids is 1. The second-order valence-corrected chi connectivity index (χ2v) is 4.58. The van der Waals surface area contributed by atoms with Crippen LogP contribution in [0, 0.1) is 5.92 Å². The Bertz CT molecular complexity index is 414. The smallest absolute Gasteiger partial charge is 0.306 e. The molecule has 3 N–H and O–H groups in total. The highest BCUT2D eigenvalue weighted by molar-refractivity contribution is 5.71. The van der Waals surface area contributed by atoms with E-state index in [1.54, 1.807) is 6.92 Å². The van der Waals surface area contributed by atoms with E-state index in [2.05, 4.69) is 0 Å². The molecule has 2 rings (SSSR count). The van der Waals surface area contributed by atoms with Gasteiger partial charge in [0.2, 0.25) is 0 Å². The first kappa shape index (κ1) is 11.0. The number of nitrogens with two attached hydrogens (primary N) is 1. The lowest BCUT2D eigenvalue weighted by Gasteiger charge is -2.28. The fourth-order valence-corrected chi connectivity index (χ4v) is 2.56. The number of aliphatic carboxylic acids is 1. The van der Waals surface area contributed by atoms with Crippen LogP contribution in [0.5, 0.6) is 0 Å². The van der Waals surface area contributed by atoms with Crippen LogP contribution in [0.15, 0.2) is 18.2 Å². The molecule has 1 aromatic rings. The summed E-state index contributed by atoms with van der Waals surface area (Å²) in [5, 5.41) is 9.09. The molecule has 2 unspecified atom stereocenters. The third-order valence-corrected chi connectivity index (χ3v) is 3.52. The minimum absolute atomic E-state index is 0.141. The monoisotopic (exact) mass is 219 g/mol. The third kappa shape index (κ3) is 1.90. The average Bonchev–Trinajstić information content (AvgIpc) is 2.26. The summed E-state index contributed by atoms with van der Waals surface area (Å²) in [6, 6.07) is 5.84. The first-order chi connectivity index (χ1) is 7.59. The molecule has 0 fully saturated rings. The second kappa shape index (κ2) is 4.16. The van der Waals surface area contributed by atoms with Gasteiger partial charge < -0.3 is 10.8 Å². The number of benzene rings is 1. The normalized spacial score (nSPS) is 21.2. The SMILES string of the molecule is CC(C(=O)O)C1CCCc2cc(N)ccc21. The molecule has 1 aliphatic carbocycles. The molecule has 0 aliphatic heterocycles. The number of fused-ring (bicyclic) bond motifs is 1. The second-order valence-electron chi connectivity index (χ2n) is 4.58. The molecular weight excluding hydrogens is 202 g/mol. The first-order valence-corrected chi connectivity index (χ1v) is 5.70. The maximum Gasteiger partial charge on any atom is 0.306 e. The van der Waals surface area contributed by atoms with Gasteiger partial charge in [0, 0.05) is 5.69 Å². The molecule has 3 nitrogen and oxygen atoms in total. The molecule has 0 bridgehead atoms. The molecule has 0 spiro atoms. The zero-order chi connectivity index (χ0) is 11.7. The summed E-state index contributed by atoms with van der Waals surface area (Å²) in [6.07, 6.45) is 3.03. The molecule has 1 aliphatic rings. The van der Waals surface area contributed by atoms with Gasteiger partial charge in [-0.25, -0.2) is 0 Å². The maximum absolute atomic E-state index is 11.1. The van der Waals surface area contributed by atoms with E-state index in [-0.39, 0.29) is 11.8 Å². The Kier molecular flexibility index (Phi) is 2.86. The number of hydrogen-bond acceptors (Lipinski definition) is 2. The van der Waals surface area contributed by atoms with E-state index in [1.165, 1.54) is 11.1 Å². The quantitative estimate of drug-likeness (QED) is 0.751. The van der Waals surface area contributed by atoms with Gasteiger partial charge in [-0.1, -0.05) is 13.0 Å². The molecule has 0 saturated carbocycles. The van der Waals surface area contributed by atoms with Crippen LogP contribution in [0.1, 0.15) is 36.8 Å². The summed E-state index contributed by atoms with van der Waals surface area (Å²) in [6.45, 7) is 1.79. The highest BCUT2D eigenvalue weighted by atomic mass is 16.4. The molecule has 0 heterocycles. The van der Waals surface area contributed by atoms with Crippen molar-refractivity contribution in [3.63, 3.8) is 0 Å². The van der Waals surface area contributed by atoms with Crippen molar-refractivity contribution in [3.05, 3.63) is 29.3 Å². The van der Waals surface area contributed by atoms with Crippen LogP contribution >= 0.6 is 0 Å². The van der Waals surface area contributed by atoms with Crippen molar-refractivity contribution in [3.8, 4) is 0 Å². The van der Waals surface area contributed by atoms with Crippen molar-refractivity contribution in [2.45, 2.75) is 32.1 Å². The number of anilines is 1. The summed E-state index contributed by atoms with van der Waals surface area (Å²) < 4.78 is 0. The van der Waals surface area contributed by atoms with E-state index in [1.807, 2.05) is 18.2 Å². The predicted molar refractivity (Wildman–Crippen MR) is 63.3 cm³/mol. The van der Waals surface area contributed by atoms with Gasteiger partial charge >= 0.3 is 5.97 Å². The van der Waals surface area contributed by atoms with E-state index in [0.29, 0.717) is 0 Å². The number of rotatable bonds is 2. The van der Waals surface area contributed by atoms with Crippen molar-refractivity contribution in [1.29, 1.82) is 0 Å². The first-order valence-electron chi connectivity index (χ1n) is 5.70. The van der Waals surface area contributed by atoms with E-state index < -0.39 is 5.97 Å². The van der Waals surface area contributed by atoms with Crippen LogP contribution in [-0.4, -0.2) is 11.1 Å². The van der Waals surface area contributed by atoms with Crippen molar-refractivity contribution in [1.82, 2.24) is 0 Å². The minimum Gasteiger partial charge on any atom is -0.481 e. The van der Waals surface area contributed by atoms with Gasteiger partial charge in [0.1, 0.15) is 0 Å². The van der Waals surface area contributed by atoms with Gasteiger partial charge in [0.15, 0.2) is 0 Å². The number of carbonyl (C=O) groups is 1. The molecule has 0 radical (unpaired) electrons. The van der Waals surface area contributed by atoms with E-state index in [4.69, 9.17) is 10.8 Å². The zero-order valence-corrected chi connectivity index (χ0v) is 9.44. The Hall–Kier alpha value is -1.51. The number of carboxylic acid groups (broad SMARTS) is 1. The maximum atomic E-state index is 11.1. The summed E-state index contributed by atoms with van der Waals surface area (Å²) in [7, 11) is 0. The number of hydrogen-bond donors (Lipinski definition) is 2. The van der Waals surface area contributed by atoms with Crippen LogP contribution in [0.4, 0.5) is 5.69 Å². The Morgan fingerprint density at radius 3 is 3.00 bits per heavy atom. The minimum atomic E-state index is -0.713. The highest BCUT2D eigenvalue weighted by Crippen LogP contribution is 2.37. The predicted octanol–water partition coefficient (Wildman–Crippen LogP) is 2.41. The molecule has 0 aromatic heterocycles. The van der Waals surface area contributed by atoms with E-state index >= 15 is 0 Å². The van der Waals surface area contributed by atoms with E-state index in [0.717, 1.165) is 24.9 Å². The topological polar surface area (TPSA) is 63.3 Å². The molecule has 16 heavy (non-hydrogen) atoms. The van der Waals surface area contributed by atoms with Crippen molar-refractivity contribution < 1.29 is 9.90 Å². The molecule has 2 atom stereocenters. The van der Waals surface area contributed by atoms with Gasteiger partial charge in [-0.05, 0) is 48.4 Å². The number of nitrogen functional groups attached to an aromatic ring is 1. The Morgan fingerprint density at radius 2 is 2.31 bits per heavy atom. The van der Waals surface area contributed by atoms with Crippen LogP contribution in [-0.2, 0) is 11.2 Å². The van der Waals surface area contributed by atoms with Crippen LogP contribution in [0.2, 0.25) is 0 Å². The van der Waals surface area contributed by atoms with Crippen LogP contribution in [0.25, 0.3) is 0 Å². The molecule has 0 saturated heterocycles. The third-order valence-electron chi connectivity index (χ3n) is 3.52. The van der Waals surface area contributed by atoms with Gasteiger partial charge in [-0.15, -0.1) is 0 Å². The van der Waals surface area contributed by atoms with Gasteiger partial charge in [-0.2, -0.15) is 0 Å². The Labute approximate surface area is 95.3 Å². The van der Waals surface area contributed by atoms with Gasteiger partial charge in [0.05, 0.1) is 5.92 Å². The summed E-state index contributed by atoms with van der Waals surface area (Å²) in [5.41, 5.74) is 8.92. The lowest BCUT2D eigenvalue weighted by molar-refractivity contribution is -0.142. The van der Waals surface area contributed by atoms with E-state index in [9.17, 15) is 4.79 Å². The lowest BCUT2D eigenvalue weighted by atomic mass is 9.76. The molecule has 3 heteroatoms. The van der Waals surface area contributed by atoms with Gasteiger partial charge in [-0.3, -0.25) is 4.79 Å². The molecule has 1 aromatic carbocycles. The fraction of sp³-hybridized carbons (Fsp3) is 0.462. The summed E-state index contributed by atoms with van der Waals surface area (Å²) >= 11 is 0. The fourth-order valence-electron chi connectivity index (χ4n) is 2.56. The Balaban J connectivity index is 2.36. The molecule has 86 valence electrons. The summed E-state index contributed by atoms with van der Waals surface area (Å²) in [5.74, 6) is -0.890. The van der Waals surface area contributed by atoms with Crippen LogP contribution < -0.4 is 5.73 Å². The molecular formula is C13H17NO2. The van der Waals surface area contributed by atoms with Crippen molar-refractivity contribution >= 4 is 11.7 Å².